The Morgan fingerprint density at radius 2 is 1.44 bits per heavy atom. The van der Waals surface area contributed by atoms with Crippen LogP contribution in [0, 0.1) is 0 Å². The van der Waals surface area contributed by atoms with E-state index in [0.717, 1.165) is 0 Å². The number of rotatable bonds is 7. The molecule has 6 nitrogen and oxygen atoms in total. The molecule has 0 saturated heterocycles. The highest BCUT2D eigenvalue weighted by Gasteiger charge is 2.18. The first-order valence-electron chi connectivity index (χ1n) is 7.57. The molecule has 25 heavy (non-hydrogen) atoms. The van der Waals surface area contributed by atoms with Crippen molar-refractivity contribution in [1.82, 2.24) is 0 Å². The number of carbonyl (C=O) groups excluding carboxylic acids is 2. The summed E-state index contributed by atoms with van der Waals surface area (Å²) in [6, 6.07) is 11.9. The fraction of sp³-hybridized carbons (Fsp3) is 0.222. The summed E-state index contributed by atoms with van der Waals surface area (Å²) in [4.78, 5) is 24.1. The fourth-order valence-electron chi connectivity index (χ4n) is 2.21. The van der Waals surface area contributed by atoms with Crippen molar-refractivity contribution in [1.29, 1.82) is 0 Å². The highest BCUT2D eigenvalue weighted by Crippen LogP contribution is 2.29. The maximum absolute atomic E-state index is 12.6. The van der Waals surface area contributed by atoms with Gasteiger partial charge in [-0.1, -0.05) is 6.07 Å². The number of amides is 2. The molecule has 0 heterocycles. The second-order valence-electron chi connectivity index (χ2n) is 5.06. The van der Waals surface area contributed by atoms with Crippen molar-refractivity contribution in [2.45, 2.75) is 6.42 Å². The van der Waals surface area contributed by atoms with E-state index in [1.807, 2.05) is 0 Å². The van der Waals surface area contributed by atoms with Crippen LogP contribution in [0.3, 0.4) is 0 Å². The summed E-state index contributed by atoms with van der Waals surface area (Å²) in [5.41, 5.74) is 1.52. The van der Waals surface area contributed by atoms with Gasteiger partial charge in [0, 0.05) is 23.7 Å². The number of halogens is 1. The zero-order valence-electron chi connectivity index (χ0n) is 14.0. The molecule has 2 N–H and O–H groups in total. The molecule has 7 heteroatoms. The number of hydrogen-bond acceptors (Lipinski definition) is 4. The number of nitrogens with one attached hydrogen (secondary N) is 2. The monoisotopic (exact) mass is 362 g/mol. The number of methoxy groups -OCH3 is 2. The summed E-state index contributed by atoms with van der Waals surface area (Å²) < 4.78 is 10.5. The van der Waals surface area contributed by atoms with E-state index >= 15 is 0 Å². The summed E-state index contributed by atoms with van der Waals surface area (Å²) in [7, 11) is 2.98. The average molecular weight is 363 g/mol. The van der Waals surface area contributed by atoms with Crippen LogP contribution in [0.15, 0.2) is 42.5 Å². The Morgan fingerprint density at radius 1 is 0.920 bits per heavy atom. The minimum absolute atomic E-state index is 0.162. The summed E-state index contributed by atoms with van der Waals surface area (Å²) in [6.07, 6.45) is 0.244. The van der Waals surface area contributed by atoms with Gasteiger partial charge in [-0.15, -0.1) is 11.6 Å². The van der Waals surface area contributed by atoms with Gasteiger partial charge in [0.2, 0.25) is 5.91 Å². The highest BCUT2D eigenvalue weighted by molar-refractivity contribution is 6.19. The lowest BCUT2D eigenvalue weighted by molar-refractivity contribution is -0.115. The normalized spacial score (nSPS) is 10.0. The first-order chi connectivity index (χ1) is 12.1. The first kappa shape index (κ1) is 18.6. The lowest BCUT2D eigenvalue weighted by atomic mass is 10.1. The van der Waals surface area contributed by atoms with Gasteiger partial charge in [-0.2, -0.15) is 0 Å². The molecule has 132 valence electrons. The van der Waals surface area contributed by atoms with E-state index in [0.29, 0.717) is 28.4 Å². The minimum atomic E-state index is -0.353. The van der Waals surface area contributed by atoms with E-state index in [9.17, 15) is 9.59 Å². The minimum Gasteiger partial charge on any atom is -0.496 e. The molecule has 0 spiro atoms. The van der Waals surface area contributed by atoms with E-state index in [1.54, 1.807) is 42.5 Å². The van der Waals surface area contributed by atoms with Crippen LogP contribution in [-0.4, -0.2) is 31.9 Å². The number of ether oxygens (including phenoxy) is 2. The molecule has 0 atom stereocenters. The van der Waals surface area contributed by atoms with Gasteiger partial charge < -0.3 is 20.1 Å². The highest BCUT2D eigenvalue weighted by atomic mass is 35.5. The third-order valence-electron chi connectivity index (χ3n) is 3.40. The van der Waals surface area contributed by atoms with Crippen molar-refractivity contribution in [3.8, 4) is 11.5 Å². The Balaban J connectivity index is 2.12. The van der Waals surface area contributed by atoms with Gasteiger partial charge in [0.25, 0.3) is 5.91 Å². The molecule has 0 bridgehead atoms. The Morgan fingerprint density at radius 3 is 1.92 bits per heavy atom. The zero-order chi connectivity index (χ0) is 18.2. The van der Waals surface area contributed by atoms with Crippen molar-refractivity contribution in [2.24, 2.45) is 0 Å². The topological polar surface area (TPSA) is 76.7 Å². The molecule has 2 aromatic rings. The van der Waals surface area contributed by atoms with Crippen molar-refractivity contribution < 1.29 is 19.1 Å². The van der Waals surface area contributed by atoms with Gasteiger partial charge in [-0.05, 0) is 36.4 Å². The van der Waals surface area contributed by atoms with Gasteiger partial charge in [0.1, 0.15) is 17.1 Å². The lowest BCUT2D eigenvalue weighted by Crippen LogP contribution is -2.15. The molecule has 2 aromatic carbocycles. The summed E-state index contributed by atoms with van der Waals surface area (Å²) >= 11 is 5.52. The largest absolute Gasteiger partial charge is 0.496 e. The zero-order valence-corrected chi connectivity index (χ0v) is 14.7. The van der Waals surface area contributed by atoms with E-state index in [2.05, 4.69) is 10.6 Å². The molecule has 0 aromatic heterocycles. The summed E-state index contributed by atoms with van der Waals surface area (Å²) in [5, 5.41) is 5.50. The van der Waals surface area contributed by atoms with Gasteiger partial charge in [0.15, 0.2) is 0 Å². The fourth-order valence-corrected chi connectivity index (χ4v) is 2.39. The van der Waals surface area contributed by atoms with Crippen molar-refractivity contribution in [3.63, 3.8) is 0 Å². The van der Waals surface area contributed by atoms with Gasteiger partial charge in [-0.25, -0.2) is 0 Å². The van der Waals surface area contributed by atoms with Gasteiger partial charge in [-0.3, -0.25) is 9.59 Å². The van der Waals surface area contributed by atoms with Gasteiger partial charge >= 0.3 is 0 Å². The SMILES string of the molecule is COc1cccc(OC)c1C(=O)Nc1ccc(NC(=O)CCCl)cc1. The number of alkyl halides is 1. The number of anilines is 2. The molecule has 0 aliphatic rings. The molecule has 0 unspecified atom stereocenters. The molecule has 2 rings (SSSR count). The Labute approximate surface area is 151 Å². The molecule has 2 amide bonds. The van der Waals surface area contributed by atoms with Crippen molar-refractivity contribution in [2.75, 3.05) is 30.7 Å². The maximum atomic E-state index is 12.6. The molecule has 0 aliphatic heterocycles. The quantitative estimate of drug-likeness (QED) is 0.739. The smallest absolute Gasteiger partial charge is 0.263 e. The van der Waals surface area contributed by atoms with Crippen LogP contribution in [-0.2, 0) is 4.79 Å². The summed E-state index contributed by atoms with van der Waals surface area (Å²) in [5.74, 6) is 0.586. The van der Waals surface area contributed by atoms with Crippen LogP contribution in [0.4, 0.5) is 11.4 Å². The Bertz CT molecular complexity index is 725. The maximum Gasteiger partial charge on any atom is 0.263 e. The molecule has 0 aliphatic carbocycles. The van der Waals surface area contributed by atoms with E-state index in [1.165, 1.54) is 14.2 Å². The Hall–Kier alpha value is -2.73. The number of hydrogen-bond donors (Lipinski definition) is 2. The van der Waals surface area contributed by atoms with Crippen LogP contribution >= 0.6 is 11.6 Å². The molecular weight excluding hydrogens is 344 g/mol. The predicted octanol–water partition coefficient (Wildman–Crippen LogP) is 3.52. The second kappa shape index (κ2) is 8.94. The molecule has 0 radical (unpaired) electrons. The molecule has 0 fully saturated rings. The number of carbonyl (C=O) groups is 2. The van der Waals surface area contributed by atoms with Crippen molar-refractivity contribution in [3.05, 3.63) is 48.0 Å². The third-order valence-corrected chi connectivity index (χ3v) is 3.59. The van der Waals surface area contributed by atoms with Gasteiger partial charge in [0.05, 0.1) is 14.2 Å². The molecule has 0 saturated carbocycles. The van der Waals surface area contributed by atoms with Crippen LogP contribution in [0.5, 0.6) is 11.5 Å². The van der Waals surface area contributed by atoms with Crippen LogP contribution < -0.4 is 20.1 Å². The van der Waals surface area contributed by atoms with Crippen LogP contribution in [0.2, 0.25) is 0 Å². The lowest BCUT2D eigenvalue weighted by Gasteiger charge is -2.13. The summed E-state index contributed by atoms with van der Waals surface area (Å²) in [6.45, 7) is 0. The Kier molecular flexibility index (Phi) is 6.65. The predicted molar refractivity (Wildman–Crippen MR) is 97.9 cm³/mol. The first-order valence-corrected chi connectivity index (χ1v) is 8.10. The van der Waals surface area contributed by atoms with Crippen molar-refractivity contribution >= 4 is 34.8 Å². The standard InChI is InChI=1S/C18H19ClN2O4/c1-24-14-4-3-5-15(25-2)17(14)18(23)21-13-8-6-12(7-9-13)20-16(22)10-11-19/h3-9H,10-11H2,1-2H3,(H,20,22)(H,21,23). The van der Waals surface area contributed by atoms with Crippen LogP contribution in [0.25, 0.3) is 0 Å². The second-order valence-corrected chi connectivity index (χ2v) is 5.43. The number of benzene rings is 2. The van der Waals surface area contributed by atoms with Crippen LogP contribution in [0.1, 0.15) is 16.8 Å². The third kappa shape index (κ3) is 4.87. The average Bonchev–Trinajstić information content (AvgIpc) is 2.62. The van der Waals surface area contributed by atoms with E-state index < -0.39 is 0 Å². The van der Waals surface area contributed by atoms with E-state index in [4.69, 9.17) is 21.1 Å². The van der Waals surface area contributed by atoms with E-state index in [-0.39, 0.29) is 24.1 Å². The molecular formula is C18H19ClN2O4.